The Hall–Kier alpha value is -1.49. The van der Waals surface area contributed by atoms with E-state index in [0.29, 0.717) is 6.54 Å². The molecule has 0 spiro atoms. The first-order chi connectivity index (χ1) is 7.25. The minimum atomic E-state index is -0.124. The first kappa shape index (κ1) is 10.0. The fraction of sp³-hybridized carbons (Fsp3) is 0.333. The van der Waals surface area contributed by atoms with Gasteiger partial charge in [-0.2, -0.15) is 0 Å². The summed E-state index contributed by atoms with van der Waals surface area (Å²) in [7, 11) is 0. The summed E-state index contributed by atoms with van der Waals surface area (Å²) in [6.07, 6.45) is 6.80. The van der Waals surface area contributed by atoms with Crippen LogP contribution in [0.3, 0.4) is 0 Å². The van der Waals surface area contributed by atoms with Crippen molar-refractivity contribution >= 4 is 11.6 Å². The van der Waals surface area contributed by atoms with Crippen molar-refractivity contribution < 1.29 is 0 Å². The third-order valence-corrected chi connectivity index (χ3v) is 2.13. The molecule has 5 nitrogen and oxygen atoms in total. The summed E-state index contributed by atoms with van der Waals surface area (Å²) in [4.78, 5) is 8.12. The number of hydrogen-bond donors (Lipinski definition) is 0. The smallest absolute Gasteiger partial charge is 0.100 e. The van der Waals surface area contributed by atoms with Crippen LogP contribution in [0.15, 0.2) is 24.8 Å². The van der Waals surface area contributed by atoms with Gasteiger partial charge in [0.05, 0.1) is 30.0 Å². The normalized spacial score (nSPS) is 12.7. The van der Waals surface area contributed by atoms with Crippen molar-refractivity contribution in [1.82, 2.24) is 25.0 Å². The average Bonchev–Trinajstić information content (AvgIpc) is 2.68. The van der Waals surface area contributed by atoms with E-state index >= 15 is 0 Å². The fourth-order valence-corrected chi connectivity index (χ4v) is 1.25. The Balaban J connectivity index is 2.12. The van der Waals surface area contributed by atoms with Gasteiger partial charge in [0, 0.05) is 12.4 Å². The molecule has 2 aromatic heterocycles. The predicted molar refractivity (Wildman–Crippen MR) is 55.4 cm³/mol. The first-order valence-corrected chi connectivity index (χ1v) is 4.98. The second-order valence-electron chi connectivity index (χ2n) is 3.15. The number of rotatable bonds is 3. The molecule has 6 heteroatoms. The van der Waals surface area contributed by atoms with Gasteiger partial charge in [0.1, 0.15) is 5.69 Å². The molecule has 1 atom stereocenters. The van der Waals surface area contributed by atoms with E-state index in [0.717, 1.165) is 11.4 Å². The summed E-state index contributed by atoms with van der Waals surface area (Å²) in [6.45, 7) is 2.42. The summed E-state index contributed by atoms with van der Waals surface area (Å²) in [5, 5.41) is 7.77. The molecule has 2 rings (SSSR count). The SMILES string of the molecule is CC(Cl)c1cn(Cc2cnccn2)nn1. The Morgan fingerprint density at radius 3 is 2.93 bits per heavy atom. The van der Waals surface area contributed by atoms with E-state index in [4.69, 9.17) is 11.6 Å². The van der Waals surface area contributed by atoms with Gasteiger partial charge < -0.3 is 0 Å². The number of aromatic nitrogens is 5. The molecule has 15 heavy (non-hydrogen) atoms. The van der Waals surface area contributed by atoms with E-state index < -0.39 is 0 Å². The quantitative estimate of drug-likeness (QED) is 0.739. The van der Waals surface area contributed by atoms with Gasteiger partial charge in [-0.25, -0.2) is 4.68 Å². The van der Waals surface area contributed by atoms with Gasteiger partial charge in [0.15, 0.2) is 0 Å². The third kappa shape index (κ3) is 2.50. The summed E-state index contributed by atoms with van der Waals surface area (Å²) in [6, 6.07) is 0. The lowest BCUT2D eigenvalue weighted by Crippen LogP contribution is -2.02. The largest absolute Gasteiger partial charge is 0.261 e. The summed E-state index contributed by atoms with van der Waals surface area (Å²) < 4.78 is 1.69. The van der Waals surface area contributed by atoms with Crippen LogP contribution in [-0.2, 0) is 6.54 Å². The van der Waals surface area contributed by atoms with Crippen molar-refractivity contribution in [3.63, 3.8) is 0 Å². The van der Waals surface area contributed by atoms with Gasteiger partial charge in [-0.15, -0.1) is 16.7 Å². The number of alkyl halides is 1. The van der Waals surface area contributed by atoms with Crippen molar-refractivity contribution in [3.05, 3.63) is 36.2 Å². The van der Waals surface area contributed by atoms with Crippen LogP contribution in [0.5, 0.6) is 0 Å². The molecule has 0 N–H and O–H groups in total. The van der Waals surface area contributed by atoms with Gasteiger partial charge in [0.2, 0.25) is 0 Å². The molecule has 0 fully saturated rings. The Labute approximate surface area is 92.1 Å². The maximum atomic E-state index is 5.88. The number of nitrogens with zero attached hydrogens (tertiary/aromatic N) is 5. The van der Waals surface area contributed by atoms with Crippen molar-refractivity contribution in [2.24, 2.45) is 0 Å². The molecular formula is C9H10ClN5. The van der Waals surface area contributed by atoms with Crippen LogP contribution in [0.25, 0.3) is 0 Å². The minimum Gasteiger partial charge on any atom is -0.261 e. The molecule has 1 unspecified atom stereocenters. The molecule has 2 heterocycles. The summed E-state index contributed by atoms with van der Waals surface area (Å²) >= 11 is 5.88. The lowest BCUT2D eigenvalue weighted by Gasteiger charge is -1.98. The van der Waals surface area contributed by atoms with E-state index in [9.17, 15) is 0 Å². The molecule has 2 aromatic rings. The minimum absolute atomic E-state index is 0.124. The molecule has 0 aliphatic heterocycles. The predicted octanol–water partition coefficient (Wildman–Crippen LogP) is 1.42. The highest BCUT2D eigenvalue weighted by molar-refractivity contribution is 6.20. The monoisotopic (exact) mass is 223 g/mol. The highest BCUT2D eigenvalue weighted by atomic mass is 35.5. The molecule has 0 radical (unpaired) electrons. The van der Waals surface area contributed by atoms with Crippen molar-refractivity contribution in [1.29, 1.82) is 0 Å². The topological polar surface area (TPSA) is 56.5 Å². The molecular weight excluding hydrogens is 214 g/mol. The van der Waals surface area contributed by atoms with Crippen LogP contribution in [0.1, 0.15) is 23.7 Å². The van der Waals surface area contributed by atoms with E-state index in [1.165, 1.54) is 0 Å². The first-order valence-electron chi connectivity index (χ1n) is 4.54. The zero-order chi connectivity index (χ0) is 10.7. The summed E-state index contributed by atoms with van der Waals surface area (Å²) in [5.41, 5.74) is 1.61. The standard InChI is InChI=1S/C9H10ClN5/c1-7(10)9-6-15(14-13-9)5-8-4-11-2-3-12-8/h2-4,6-7H,5H2,1H3. The molecule has 0 saturated carbocycles. The van der Waals surface area contributed by atoms with Crippen LogP contribution >= 0.6 is 11.6 Å². The van der Waals surface area contributed by atoms with Crippen LogP contribution in [0, 0.1) is 0 Å². The van der Waals surface area contributed by atoms with Crippen LogP contribution in [0.4, 0.5) is 0 Å². The molecule has 0 aromatic carbocycles. The summed E-state index contributed by atoms with van der Waals surface area (Å²) in [5.74, 6) is 0. The van der Waals surface area contributed by atoms with Crippen LogP contribution in [0.2, 0.25) is 0 Å². The van der Waals surface area contributed by atoms with E-state index in [2.05, 4.69) is 20.3 Å². The van der Waals surface area contributed by atoms with Gasteiger partial charge in [-0.3, -0.25) is 9.97 Å². The van der Waals surface area contributed by atoms with Crippen LogP contribution < -0.4 is 0 Å². The lowest BCUT2D eigenvalue weighted by molar-refractivity contribution is 0.636. The average molecular weight is 224 g/mol. The lowest BCUT2D eigenvalue weighted by atomic mass is 10.4. The Bertz CT molecular complexity index is 425. The van der Waals surface area contributed by atoms with Crippen molar-refractivity contribution in [3.8, 4) is 0 Å². The zero-order valence-electron chi connectivity index (χ0n) is 8.21. The van der Waals surface area contributed by atoms with Gasteiger partial charge in [0.25, 0.3) is 0 Å². The van der Waals surface area contributed by atoms with E-state index in [1.807, 2.05) is 13.1 Å². The van der Waals surface area contributed by atoms with Gasteiger partial charge in [-0.1, -0.05) is 5.21 Å². The van der Waals surface area contributed by atoms with Crippen LogP contribution in [-0.4, -0.2) is 25.0 Å². The maximum Gasteiger partial charge on any atom is 0.100 e. The van der Waals surface area contributed by atoms with E-state index in [1.54, 1.807) is 23.3 Å². The molecule has 78 valence electrons. The van der Waals surface area contributed by atoms with Gasteiger partial charge >= 0.3 is 0 Å². The van der Waals surface area contributed by atoms with Crippen molar-refractivity contribution in [2.75, 3.05) is 0 Å². The molecule has 0 amide bonds. The maximum absolute atomic E-state index is 5.88. The van der Waals surface area contributed by atoms with Crippen molar-refractivity contribution in [2.45, 2.75) is 18.8 Å². The van der Waals surface area contributed by atoms with Gasteiger partial charge in [-0.05, 0) is 6.92 Å². The highest BCUT2D eigenvalue weighted by Crippen LogP contribution is 2.15. The molecule has 0 aliphatic carbocycles. The number of hydrogen-bond acceptors (Lipinski definition) is 4. The fourth-order valence-electron chi connectivity index (χ4n) is 1.15. The highest BCUT2D eigenvalue weighted by Gasteiger charge is 2.06. The second-order valence-corrected chi connectivity index (χ2v) is 3.81. The molecule has 0 saturated heterocycles. The Morgan fingerprint density at radius 2 is 2.33 bits per heavy atom. The number of halogens is 1. The van der Waals surface area contributed by atoms with E-state index in [-0.39, 0.29) is 5.38 Å². The Kier molecular flexibility index (Phi) is 2.91. The second kappa shape index (κ2) is 4.35. The molecule has 0 bridgehead atoms. The zero-order valence-corrected chi connectivity index (χ0v) is 8.96. The Morgan fingerprint density at radius 1 is 1.47 bits per heavy atom. The third-order valence-electron chi connectivity index (χ3n) is 1.90. The molecule has 0 aliphatic rings.